The van der Waals surface area contributed by atoms with Gasteiger partial charge in [0.15, 0.2) is 0 Å². The van der Waals surface area contributed by atoms with Crippen LogP contribution in [0.25, 0.3) is 22.0 Å². The van der Waals surface area contributed by atoms with Gasteiger partial charge in [0, 0.05) is 52.7 Å². The number of carbonyl (C=O) groups is 1. The number of aromatic nitrogens is 1. The zero-order valence-corrected chi connectivity index (χ0v) is 13.4. The van der Waals surface area contributed by atoms with Crippen molar-refractivity contribution in [2.75, 3.05) is 36.5 Å². The molecule has 0 atom stereocenters. The molecule has 0 radical (unpaired) electrons. The Labute approximate surface area is 150 Å². The number of amides is 1. The summed E-state index contributed by atoms with van der Waals surface area (Å²) < 4.78 is 20.2. The standard InChI is InChI=1S/C19H16FN3O2.CH4/c20-12-3-4-14-18-16(19(24)22-14)11(13-2-1-5-21-13)10-15(17(12)18)23-6-8-25-9-7-23;/h1-5,10,21H,6-9H2,(H,22,24);1H4. The number of hydrogen-bond acceptors (Lipinski definition) is 3. The zero-order chi connectivity index (χ0) is 17.0. The van der Waals surface area contributed by atoms with Crippen LogP contribution >= 0.6 is 0 Å². The van der Waals surface area contributed by atoms with Crippen molar-refractivity contribution in [3.8, 4) is 11.3 Å². The molecule has 1 saturated heterocycles. The van der Waals surface area contributed by atoms with Gasteiger partial charge < -0.3 is 19.9 Å². The number of carbonyl (C=O) groups excluding carboxylic acids is 1. The molecule has 6 heteroatoms. The Morgan fingerprint density at radius 2 is 1.92 bits per heavy atom. The van der Waals surface area contributed by atoms with E-state index in [0.29, 0.717) is 48.3 Å². The largest absolute Gasteiger partial charge is 0.378 e. The number of hydrogen-bond donors (Lipinski definition) is 2. The first-order valence-corrected chi connectivity index (χ1v) is 8.31. The Morgan fingerprint density at radius 3 is 2.65 bits per heavy atom. The van der Waals surface area contributed by atoms with Crippen molar-refractivity contribution >= 4 is 28.1 Å². The average molecular weight is 353 g/mol. The molecule has 2 N–H and O–H groups in total. The van der Waals surface area contributed by atoms with E-state index in [1.54, 1.807) is 6.07 Å². The van der Waals surface area contributed by atoms with Crippen LogP contribution in [0.5, 0.6) is 0 Å². The number of halogens is 1. The van der Waals surface area contributed by atoms with Crippen LogP contribution in [0.4, 0.5) is 15.8 Å². The molecule has 5 nitrogen and oxygen atoms in total. The summed E-state index contributed by atoms with van der Waals surface area (Å²) in [4.78, 5) is 17.9. The summed E-state index contributed by atoms with van der Waals surface area (Å²) >= 11 is 0. The molecule has 0 bridgehead atoms. The number of anilines is 2. The smallest absolute Gasteiger partial charge is 0.257 e. The van der Waals surface area contributed by atoms with Crippen LogP contribution in [-0.4, -0.2) is 37.2 Å². The van der Waals surface area contributed by atoms with Gasteiger partial charge in [-0.15, -0.1) is 0 Å². The molecule has 0 spiro atoms. The van der Waals surface area contributed by atoms with E-state index in [9.17, 15) is 9.18 Å². The molecule has 134 valence electrons. The number of ether oxygens (including phenoxy) is 1. The molecule has 1 aromatic heterocycles. The number of H-pyrrole nitrogens is 1. The van der Waals surface area contributed by atoms with Gasteiger partial charge in [0.1, 0.15) is 5.82 Å². The fourth-order valence-corrected chi connectivity index (χ4v) is 3.79. The summed E-state index contributed by atoms with van der Waals surface area (Å²) in [5.74, 6) is -0.500. The normalized spacial score (nSPS) is 15.9. The molecular weight excluding hydrogens is 333 g/mol. The SMILES string of the molecule is C.O=C1Nc2ccc(F)c3c(N4CCOCC4)cc(-c4ccc[nH]4)c1c23. The van der Waals surface area contributed by atoms with Gasteiger partial charge in [-0.3, -0.25) is 4.79 Å². The first-order valence-electron chi connectivity index (χ1n) is 8.31. The zero-order valence-electron chi connectivity index (χ0n) is 13.4. The van der Waals surface area contributed by atoms with Gasteiger partial charge in [0.25, 0.3) is 5.91 Å². The van der Waals surface area contributed by atoms with Crippen molar-refractivity contribution in [1.82, 2.24) is 4.98 Å². The Morgan fingerprint density at radius 1 is 1.12 bits per heavy atom. The Balaban J connectivity index is 0.00000168. The Bertz CT molecular complexity index is 992. The fraction of sp³-hybridized carbons (Fsp3) is 0.250. The number of aromatic amines is 1. The molecule has 5 rings (SSSR count). The van der Waals surface area contributed by atoms with E-state index in [1.807, 2.05) is 24.4 Å². The molecule has 0 aliphatic carbocycles. The van der Waals surface area contributed by atoms with Crippen LogP contribution in [0.2, 0.25) is 0 Å². The van der Waals surface area contributed by atoms with E-state index >= 15 is 0 Å². The summed E-state index contributed by atoms with van der Waals surface area (Å²) in [6, 6.07) is 8.79. The maximum absolute atomic E-state index is 14.8. The van der Waals surface area contributed by atoms with Gasteiger partial charge >= 0.3 is 0 Å². The molecule has 26 heavy (non-hydrogen) atoms. The topological polar surface area (TPSA) is 57.4 Å². The van der Waals surface area contributed by atoms with Gasteiger partial charge in [0.2, 0.25) is 0 Å². The lowest BCUT2D eigenvalue weighted by Gasteiger charge is -2.30. The predicted octanol–water partition coefficient (Wildman–Crippen LogP) is 4.01. The van der Waals surface area contributed by atoms with Gasteiger partial charge in [-0.25, -0.2) is 4.39 Å². The van der Waals surface area contributed by atoms with Crippen LogP contribution in [-0.2, 0) is 4.74 Å². The third-order valence-corrected chi connectivity index (χ3v) is 4.93. The maximum Gasteiger partial charge on any atom is 0.257 e. The highest BCUT2D eigenvalue weighted by Crippen LogP contribution is 2.44. The molecule has 1 fully saturated rings. The quantitative estimate of drug-likeness (QED) is 0.732. The van der Waals surface area contributed by atoms with Crippen molar-refractivity contribution in [3.05, 3.63) is 47.9 Å². The minimum absolute atomic E-state index is 0. The third-order valence-electron chi connectivity index (χ3n) is 4.93. The maximum atomic E-state index is 14.8. The van der Waals surface area contributed by atoms with Crippen molar-refractivity contribution < 1.29 is 13.9 Å². The Hall–Kier alpha value is -2.86. The van der Waals surface area contributed by atoms with Crippen molar-refractivity contribution in [1.29, 1.82) is 0 Å². The number of benzene rings is 2. The first-order chi connectivity index (χ1) is 12.2. The summed E-state index contributed by atoms with van der Waals surface area (Å²) in [6.07, 6.45) is 1.82. The van der Waals surface area contributed by atoms with Crippen LogP contribution in [0.3, 0.4) is 0 Å². The summed E-state index contributed by atoms with van der Waals surface area (Å²) in [7, 11) is 0. The molecule has 0 unspecified atom stereocenters. The van der Waals surface area contributed by atoms with Crippen molar-refractivity contribution in [2.24, 2.45) is 0 Å². The molecule has 2 aliphatic heterocycles. The van der Waals surface area contributed by atoms with E-state index in [0.717, 1.165) is 16.9 Å². The van der Waals surface area contributed by atoms with Gasteiger partial charge in [-0.1, -0.05) is 7.43 Å². The minimum atomic E-state index is -0.309. The molecule has 2 aliphatic rings. The molecule has 0 saturated carbocycles. The highest BCUT2D eigenvalue weighted by Gasteiger charge is 2.30. The second-order valence-corrected chi connectivity index (χ2v) is 6.30. The third kappa shape index (κ3) is 2.29. The lowest BCUT2D eigenvalue weighted by molar-refractivity contribution is 0.103. The van der Waals surface area contributed by atoms with Crippen molar-refractivity contribution in [2.45, 2.75) is 7.43 Å². The van der Waals surface area contributed by atoms with E-state index in [4.69, 9.17) is 4.74 Å². The summed E-state index contributed by atoms with van der Waals surface area (Å²) in [5.41, 5.74) is 3.64. The van der Waals surface area contributed by atoms with E-state index in [2.05, 4.69) is 15.2 Å². The van der Waals surface area contributed by atoms with Crippen LogP contribution in [0, 0.1) is 5.82 Å². The monoisotopic (exact) mass is 353 g/mol. The molecule has 2 aromatic carbocycles. The fourth-order valence-electron chi connectivity index (χ4n) is 3.79. The lowest BCUT2D eigenvalue weighted by atomic mass is 9.95. The van der Waals surface area contributed by atoms with Gasteiger partial charge in [-0.05, 0) is 30.3 Å². The van der Waals surface area contributed by atoms with E-state index < -0.39 is 0 Å². The highest BCUT2D eigenvalue weighted by atomic mass is 19.1. The number of morpholine rings is 1. The molecule has 3 aromatic rings. The van der Waals surface area contributed by atoms with E-state index in [-0.39, 0.29) is 19.2 Å². The molecular formula is C20H20FN3O2. The minimum Gasteiger partial charge on any atom is -0.378 e. The number of nitrogens with one attached hydrogen (secondary N) is 2. The number of nitrogens with zero attached hydrogens (tertiary/aromatic N) is 1. The first kappa shape index (κ1) is 16.6. The lowest BCUT2D eigenvalue weighted by Crippen LogP contribution is -2.36. The number of rotatable bonds is 2. The van der Waals surface area contributed by atoms with Crippen LogP contribution < -0.4 is 10.2 Å². The highest BCUT2D eigenvalue weighted by molar-refractivity contribution is 6.28. The summed E-state index contributed by atoms with van der Waals surface area (Å²) in [5, 5.41) is 4.04. The predicted molar refractivity (Wildman–Crippen MR) is 101 cm³/mol. The van der Waals surface area contributed by atoms with Gasteiger partial charge in [-0.2, -0.15) is 0 Å². The average Bonchev–Trinajstić information content (AvgIpc) is 3.28. The second-order valence-electron chi connectivity index (χ2n) is 6.30. The van der Waals surface area contributed by atoms with Gasteiger partial charge in [0.05, 0.1) is 18.8 Å². The molecule has 3 heterocycles. The second kappa shape index (κ2) is 6.14. The Kier molecular flexibility index (Phi) is 3.92. The van der Waals surface area contributed by atoms with E-state index in [1.165, 1.54) is 6.07 Å². The molecule has 1 amide bonds. The summed E-state index contributed by atoms with van der Waals surface area (Å²) in [6.45, 7) is 2.62. The van der Waals surface area contributed by atoms with Crippen LogP contribution in [0.15, 0.2) is 36.5 Å². The van der Waals surface area contributed by atoms with Crippen molar-refractivity contribution in [3.63, 3.8) is 0 Å². The van der Waals surface area contributed by atoms with Crippen LogP contribution in [0.1, 0.15) is 17.8 Å².